The molecule has 1 fully saturated rings. The molecule has 1 saturated carbocycles. The van der Waals surface area contributed by atoms with E-state index in [0.717, 1.165) is 24.2 Å². The molecule has 1 aliphatic rings. The van der Waals surface area contributed by atoms with Crippen molar-refractivity contribution in [1.29, 1.82) is 0 Å². The molecule has 5 rings (SSSR count). The third kappa shape index (κ3) is 4.07. The lowest BCUT2D eigenvalue weighted by Crippen LogP contribution is -2.11. The number of imidazole rings is 1. The van der Waals surface area contributed by atoms with Crippen LogP contribution in [0.4, 0.5) is 5.69 Å². The van der Waals surface area contributed by atoms with Gasteiger partial charge < -0.3 is 19.6 Å². The molecule has 0 unspecified atom stereocenters. The van der Waals surface area contributed by atoms with Crippen molar-refractivity contribution in [1.82, 2.24) is 20.1 Å². The summed E-state index contributed by atoms with van der Waals surface area (Å²) in [5.41, 5.74) is 2.16. The van der Waals surface area contributed by atoms with Crippen molar-refractivity contribution in [2.45, 2.75) is 25.4 Å². The molecule has 8 heteroatoms. The third-order valence-corrected chi connectivity index (χ3v) is 4.81. The smallest absolute Gasteiger partial charge is 0.255 e. The van der Waals surface area contributed by atoms with Crippen LogP contribution in [0.1, 0.15) is 40.8 Å². The van der Waals surface area contributed by atoms with Crippen LogP contribution in [-0.4, -0.2) is 26.0 Å². The second-order valence-electron chi connectivity index (χ2n) is 7.11. The number of amides is 1. The number of benzene rings is 2. The molecule has 0 radical (unpaired) electrons. The average Bonchev–Trinajstić information content (AvgIpc) is 3.27. The first kappa shape index (κ1) is 18.1. The SMILES string of the molecule is O=C(Nc1ccc(OCc2noc(C3CC3)n2)cc1)c1ccc(-c2ncc[nH]2)cc1. The molecule has 4 aromatic rings. The van der Waals surface area contributed by atoms with Crippen LogP contribution in [0.2, 0.25) is 0 Å². The predicted octanol–water partition coefficient (Wildman–Crippen LogP) is 4.17. The fraction of sp³-hybridized carbons (Fsp3) is 0.182. The Morgan fingerprint density at radius 1 is 1.13 bits per heavy atom. The van der Waals surface area contributed by atoms with Crippen LogP contribution in [-0.2, 0) is 6.61 Å². The highest BCUT2D eigenvalue weighted by Gasteiger charge is 2.29. The first-order valence-electron chi connectivity index (χ1n) is 9.71. The zero-order chi connectivity index (χ0) is 20.3. The number of H-pyrrole nitrogens is 1. The summed E-state index contributed by atoms with van der Waals surface area (Å²) < 4.78 is 10.9. The van der Waals surface area contributed by atoms with E-state index in [1.54, 1.807) is 48.8 Å². The summed E-state index contributed by atoms with van der Waals surface area (Å²) in [6.07, 6.45) is 5.68. The predicted molar refractivity (Wildman–Crippen MR) is 109 cm³/mol. The minimum Gasteiger partial charge on any atom is -0.485 e. The van der Waals surface area contributed by atoms with Crippen LogP contribution in [0.5, 0.6) is 5.75 Å². The van der Waals surface area contributed by atoms with Crippen LogP contribution in [0.15, 0.2) is 65.4 Å². The van der Waals surface area contributed by atoms with Crippen molar-refractivity contribution >= 4 is 11.6 Å². The fourth-order valence-corrected chi connectivity index (χ4v) is 3.01. The third-order valence-electron chi connectivity index (χ3n) is 4.81. The van der Waals surface area contributed by atoms with Gasteiger partial charge in [0.15, 0.2) is 6.61 Å². The number of carbonyl (C=O) groups is 1. The van der Waals surface area contributed by atoms with E-state index in [1.807, 2.05) is 12.1 Å². The van der Waals surface area contributed by atoms with E-state index in [-0.39, 0.29) is 12.5 Å². The van der Waals surface area contributed by atoms with Gasteiger partial charge in [-0.1, -0.05) is 17.3 Å². The van der Waals surface area contributed by atoms with Crippen molar-refractivity contribution in [3.8, 4) is 17.1 Å². The molecule has 2 N–H and O–H groups in total. The molecule has 30 heavy (non-hydrogen) atoms. The lowest BCUT2D eigenvalue weighted by atomic mass is 10.1. The number of nitrogens with zero attached hydrogens (tertiary/aromatic N) is 3. The molecule has 2 aromatic carbocycles. The monoisotopic (exact) mass is 401 g/mol. The van der Waals surface area contributed by atoms with E-state index >= 15 is 0 Å². The Hall–Kier alpha value is -3.94. The summed E-state index contributed by atoms with van der Waals surface area (Å²) in [7, 11) is 0. The van der Waals surface area contributed by atoms with Crippen molar-refractivity contribution in [3.05, 3.63) is 78.2 Å². The second kappa shape index (κ2) is 7.82. The summed E-state index contributed by atoms with van der Waals surface area (Å²) in [6, 6.07) is 14.4. The van der Waals surface area contributed by atoms with Gasteiger partial charge in [0.05, 0.1) is 0 Å². The highest BCUT2D eigenvalue weighted by Crippen LogP contribution is 2.38. The molecule has 0 saturated heterocycles. The summed E-state index contributed by atoms with van der Waals surface area (Å²) in [5.74, 6) is 2.90. The van der Waals surface area contributed by atoms with Gasteiger partial charge in [-0.3, -0.25) is 4.79 Å². The molecule has 1 amide bonds. The number of aromatic amines is 1. The highest BCUT2D eigenvalue weighted by atomic mass is 16.5. The maximum atomic E-state index is 12.5. The molecule has 0 atom stereocenters. The number of hydrogen-bond acceptors (Lipinski definition) is 6. The molecule has 8 nitrogen and oxygen atoms in total. The molecule has 0 spiro atoms. The number of hydrogen-bond donors (Lipinski definition) is 2. The fourth-order valence-electron chi connectivity index (χ4n) is 3.01. The zero-order valence-electron chi connectivity index (χ0n) is 16.0. The van der Waals surface area contributed by atoms with Gasteiger partial charge in [0, 0.05) is 35.1 Å². The Labute approximate surface area is 172 Å². The van der Waals surface area contributed by atoms with Crippen LogP contribution < -0.4 is 10.1 Å². The Morgan fingerprint density at radius 3 is 2.63 bits per heavy atom. The Balaban J connectivity index is 1.16. The van der Waals surface area contributed by atoms with E-state index in [2.05, 4.69) is 25.4 Å². The van der Waals surface area contributed by atoms with Gasteiger partial charge in [-0.05, 0) is 49.2 Å². The molecule has 2 aromatic heterocycles. The van der Waals surface area contributed by atoms with Crippen molar-refractivity contribution in [2.75, 3.05) is 5.32 Å². The highest BCUT2D eigenvalue weighted by molar-refractivity contribution is 6.04. The van der Waals surface area contributed by atoms with Gasteiger partial charge in [-0.25, -0.2) is 4.98 Å². The standard InChI is InChI=1S/C22H19N5O3/c28-21(15-3-1-14(2-4-15)20-23-11-12-24-20)25-17-7-9-18(10-8-17)29-13-19-26-22(30-27-19)16-5-6-16/h1-4,7-12,16H,5-6,13H2,(H,23,24)(H,25,28). The molecule has 2 heterocycles. The van der Waals surface area contributed by atoms with Gasteiger partial charge in [0.2, 0.25) is 11.7 Å². The number of nitrogens with one attached hydrogen (secondary N) is 2. The van der Waals surface area contributed by atoms with E-state index in [4.69, 9.17) is 9.26 Å². The Morgan fingerprint density at radius 2 is 1.93 bits per heavy atom. The minimum absolute atomic E-state index is 0.186. The van der Waals surface area contributed by atoms with Crippen LogP contribution in [0.3, 0.4) is 0 Å². The van der Waals surface area contributed by atoms with E-state index in [9.17, 15) is 4.79 Å². The lowest BCUT2D eigenvalue weighted by Gasteiger charge is -2.08. The summed E-state index contributed by atoms with van der Waals surface area (Å²) in [6.45, 7) is 0.240. The Bertz CT molecular complexity index is 1130. The van der Waals surface area contributed by atoms with Crippen molar-refractivity contribution in [3.63, 3.8) is 0 Å². The zero-order valence-corrected chi connectivity index (χ0v) is 16.0. The first-order valence-corrected chi connectivity index (χ1v) is 9.71. The molecule has 150 valence electrons. The number of aromatic nitrogens is 4. The van der Waals surface area contributed by atoms with E-state index in [1.165, 1.54) is 0 Å². The van der Waals surface area contributed by atoms with Gasteiger partial charge in [-0.15, -0.1) is 0 Å². The van der Waals surface area contributed by atoms with Crippen molar-refractivity contribution < 1.29 is 14.1 Å². The number of anilines is 1. The molecular weight excluding hydrogens is 382 g/mol. The van der Waals surface area contributed by atoms with E-state index < -0.39 is 0 Å². The molecule has 0 bridgehead atoms. The maximum absolute atomic E-state index is 12.5. The quantitative estimate of drug-likeness (QED) is 0.481. The van der Waals surface area contributed by atoms with Crippen LogP contribution in [0.25, 0.3) is 11.4 Å². The van der Waals surface area contributed by atoms with Crippen LogP contribution in [0, 0.1) is 0 Å². The minimum atomic E-state index is -0.186. The number of rotatable bonds is 7. The van der Waals surface area contributed by atoms with Gasteiger partial charge >= 0.3 is 0 Å². The molecule has 0 aliphatic heterocycles. The van der Waals surface area contributed by atoms with Gasteiger partial charge in [-0.2, -0.15) is 4.98 Å². The number of carbonyl (C=O) groups excluding carboxylic acids is 1. The summed E-state index contributed by atoms with van der Waals surface area (Å²) in [4.78, 5) is 24.1. The van der Waals surface area contributed by atoms with Gasteiger partial charge in [0.25, 0.3) is 5.91 Å². The normalized spacial score (nSPS) is 13.2. The first-order chi connectivity index (χ1) is 14.7. The lowest BCUT2D eigenvalue weighted by molar-refractivity contribution is 0.102. The second-order valence-corrected chi connectivity index (χ2v) is 7.11. The summed E-state index contributed by atoms with van der Waals surface area (Å²) in [5, 5.41) is 6.81. The molecule has 1 aliphatic carbocycles. The number of ether oxygens (including phenoxy) is 1. The largest absolute Gasteiger partial charge is 0.485 e. The maximum Gasteiger partial charge on any atom is 0.255 e. The van der Waals surface area contributed by atoms with Crippen LogP contribution >= 0.6 is 0 Å². The molecular formula is C22H19N5O3. The Kier molecular flexibility index (Phi) is 4.72. The summed E-state index contributed by atoms with van der Waals surface area (Å²) >= 11 is 0. The average molecular weight is 401 g/mol. The topological polar surface area (TPSA) is 106 Å². The van der Waals surface area contributed by atoms with Gasteiger partial charge in [0.1, 0.15) is 11.6 Å². The van der Waals surface area contributed by atoms with E-state index in [0.29, 0.717) is 34.6 Å². The van der Waals surface area contributed by atoms with Crippen molar-refractivity contribution in [2.24, 2.45) is 0 Å².